The lowest BCUT2D eigenvalue weighted by Crippen LogP contribution is -2.60. The van der Waals surface area contributed by atoms with Crippen LogP contribution in [0.3, 0.4) is 0 Å². The van der Waals surface area contributed by atoms with Crippen LogP contribution in [0.15, 0.2) is 48.5 Å². The first-order valence-electron chi connectivity index (χ1n) is 14.6. The van der Waals surface area contributed by atoms with E-state index in [0.717, 1.165) is 11.1 Å². The number of piperidine rings is 2. The Kier molecular flexibility index (Phi) is 8.45. The zero-order valence-electron chi connectivity index (χ0n) is 24.1. The number of likely N-dealkylation sites (tertiary alicyclic amines) is 2. The number of ether oxygens (including phenoxy) is 2. The maximum atomic E-state index is 14.1. The molecule has 0 unspecified atom stereocenters. The van der Waals surface area contributed by atoms with Crippen LogP contribution in [-0.4, -0.2) is 89.6 Å². The third kappa shape index (κ3) is 5.86. The highest BCUT2D eigenvalue weighted by atomic mass is 16.5. The molecule has 9 heteroatoms. The summed E-state index contributed by atoms with van der Waals surface area (Å²) in [4.78, 5) is 58.6. The molecule has 0 aromatic heterocycles. The second kappa shape index (κ2) is 12.0. The molecule has 0 bridgehead atoms. The molecule has 0 aliphatic carbocycles. The van der Waals surface area contributed by atoms with Crippen LogP contribution in [0.1, 0.15) is 64.4 Å². The molecule has 218 valence electrons. The van der Waals surface area contributed by atoms with Crippen molar-refractivity contribution in [1.29, 1.82) is 0 Å². The topological polar surface area (TPSA) is 96.5 Å². The summed E-state index contributed by atoms with van der Waals surface area (Å²) in [6.45, 7) is 7.82. The van der Waals surface area contributed by atoms with Crippen molar-refractivity contribution in [2.45, 2.75) is 58.2 Å². The summed E-state index contributed by atoms with van der Waals surface area (Å²) in [6.07, 6.45) is 1.89. The molecule has 3 aliphatic heterocycles. The lowest BCUT2D eigenvalue weighted by Gasteiger charge is -2.45. The molecule has 0 radical (unpaired) electrons. The van der Waals surface area contributed by atoms with Gasteiger partial charge >= 0.3 is 5.97 Å². The van der Waals surface area contributed by atoms with E-state index < -0.39 is 11.8 Å². The quantitative estimate of drug-likeness (QED) is 0.518. The Labute approximate surface area is 241 Å². The number of aryl methyl sites for hydroxylation is 2. The van der Waals surface area contributed by atoms with E-state index in [-0.39, 0.29) is 36.2 Å². The van der Waals surface area contributed by atoms with Gasteiger partial charge in [-0.3, -0.25) is 24.1 Å². The molecule has 3 amide bonds. The van der Waals surface area contributed by atoms with Gasteiger partial charge in [-0.2, -0.15) is 0 Å². The molecule has 9 nitrogen and oxygen atoms in total. The van der Waals surface area contributed by atoms with Crippen LogP contribution in [0.2, 0.25) is 0 Å². The molecule has 41 heavy (non-hydrogen) atoms. The van der Waals surface area contributed by atoms with E-state index in [0.29, 0.717) is 69.6 Å². The van der Waals surface area contributed by atoms with Crippen molar-refractivity contribution >= 4 is 23.7 Å². The molecule has 3 fully saturated rings. The molecule has 0 N–H and O–H groups in total. The van der Waals surface area contributed by atoms with E-state index in [9.17, 15) is 19.2 Å². The molecule has 0 saturated carbocycles. The second-order valence-electron chi connectivity index (χ2n) is 11.3. The van der Waals surface area contributed by atoms with Crippen LogP contribution in [0, 0.1) is 19.8 Å². The molecular weight excluding hydrogens is 522 g/mol. The minimum absolute atomic E-state index is 0.0462. The first-order valence-corrected chi connectivity index (χ1v) is 14.6. The van der Waals surface area contributed by atoms with E-state index >= 15 is 0 Å². The largest absolute Gasteiger partial charge is 0.466 e. The Hall–Kier alpha value is -3.72. The average molecular weight is 562 g/mol. The Bertz CT molecular complexity index is 1290. The van der Waals surface area contributed by atoms with E-state index in [2.05, 4.69) is 0 Å². The Morgan fingerprint density at radius 1 is 0.854 bits per heavy atom. The normalized spacial score (nSPS) is 20.8. The fourth-order valence-corrected chi connectivity index (χ4v) is 6.22. The first-order chi connectivity index (χ1) is 19.7. The lowest BCUT2D eigenvalue weighted by molar-refractivity contribution is -0.152. The molecule has 3 saturated heterocycles. The summed E-state index contributed by atoms with van der Waals surface area (Å²) in [7, 11) is 0. The molecule has 3 heterocycles. The van der Waals surface area contributed by atoms with Gasteiger partial charge in [0, 0.05) is 50.1 Å². The van der Waals surface area contributed by atoms with E-state index in [4.69, 9.17) is 9.47 Å². The van der Waals surface area contributed by atoms with E-state index in [1.807, 2.05) is 50.2 Å². The number of carbonyl (C=O) groups excluding carboxylic acids is 4. The highest BCUT2D eigenvalue weighted by Gasteiger charge is 2.55. The van der Waals surface area contributed by atoms with Crippen molar-refractivity contribution in [3.8, 4) is 0 Å². The van der Waals surface area contributed by atoms with Crippen LogP contribution in [-0.2, 0) is 19.1 Å². The summed E-state index contributed by atoms with van der Waals surface area (Å²) < 4.78 is 11.5. The van der Waals surface area contributed by atoms with Gasteiger partial charge in [0.15, 0.2) is 0 Å². The summed E-state index contributed by atoms with van der Waals surface area (Å²) in [6, 6.07) is 14.1. The number of amides is 3. The number of benzene rings is 2. The second-order valence-corrected chi connectivity index (χ2v) is 11.3. The average Bonchev–Trinajstić information content (AvgIpc) is 3.35. The maximum Gasteiger partial charge on any atom is 0.309 e. The lowest BCUT2D eigenvalue weighted by atomic mass is 9.94. The first kappa shape index (κ1) is 28.8. The Morgan fingerprint density at radius 3 is 2.17 bits per heavy atom. The number of hydrogen-bond acceptors (Lipinski definition) is 6. The number of rotatable bonds is 5. The van der Waals surface area contributed by atoms with Gasteiger partial charge in [0.25, 0.3) is 11.8 Å². The summed E-state index contributed by atoms with van der Waals surface area (Å²) in [5.74, 6) is -0.893. The molecule has 2 aromatic carbocycles. The standard InChI is InChI=1S/C32H39N3O6/c1-4-40-31(39)25-12-16-33(17-13-25)30(38)27-21-41-32(35(27)29(37)24-10-8-22(2)9-11-24)14-18-34(19-15-32)28(36)26-7-5-6-23(3)20-26/h5-11,20,25,27H,4,12-19,21H2,1-3H3/t27-/m0/s1. The highest BCUT2D eigenvalue weighted by Crippen LogP contribution is 2.39. The third-order valence-electron chi connectivity index (χ3n) is 8.59. The molecule has 3 aliphatic rings. The minimum Gasteiger partial charge on any atom is -0.466 e. The van der Waals surface area contributed by atoms with Crippen LogP contribution in [0.25, 0.3) is 0 Å². The van der Waals surface area contributed by atoms with Gasteiger partial charge in [0.1, 0.15) is 11.8 Å². The Morgan fingerprint density at radius 2 is 1.54 bits per heavy atom. The smallest absolute Gasteiger partial charge is 0.309 e. The maximum absolute atomic E-state index is 14.1. The number of hydrogen-bond donors (Lipinski definition) is 0. The fraction of sp³-hybridized carbons (Fsp3) is 0.500. The molecular formula is C32H39N3O6. The molecule has 2 aromatic rings. The van der Waals surface area contributed by atoms with E-state index in [1.54, 1.807) is 33.8 Å². The monoisotopic (exact) mass is 561 g/mol. The van der Waals surface area contributed by atoms with Crippen molar-refractivity contribution in [2.75, 3.05) is 39.4 Å². The number of carbonyl (C=O) groups is 4. The van der Waals surface area contributed by atoms with Gasteiger partial charge in [-0.25, -0.2) is 0 Å². The zero-order valence-corrected chi connectivity index (χ0v) is 24.1. The van der Waals surface area contributed by atoms with Gasteiger partial charge < -0.3 is 19.3 Å². The number of nitrogens with zero attached hydrogens (tertiary/aromatic N) is 3. The van der Waals surface area contributed by atoms with Crippen LogP contribution in [0.4, 0.5) is 0 Å². The predicted molar refractivity (Wildman–Crippen MR) is 152 cm³/mol. The zero-order chi connectivity index (χ0) is 29.1. The number of esters is 1. The SMILES string of the molecule is CCOC(=O)C1CCN(C(=O)[C@@H]2COC3(CCN(C(=O)c4cccc(C)c4)CC3)N2C(=O)c2ccc(C)cc2)CC1. The van der Waals surface area contributed by atoms with Crippen molar-refractivity contribution in [3.05, 3.63) is 70.8 Å². The van der Waals surface area contributed by atoms with Crippen LogP contribution in [0.5, 0.6) is 0 Å². The van der Waals surface area contributed by atoms with E-state index in [1.165, 1.54) is 0 Å². The van der Waals surface area contributed by atoms with Crippen molar-refractivity contribution in [1.82, 2.24) is 14.7 Å². The molecule has 1 spiro atoms. The highest BCUT2D eigenvalue weighted by molar-refractivity contribution is 5.99. The Balaban J connectivity index is 1.34. The molecule has 1 atom stereocenters. The van der Waals surface area contributed by atoms with Gasteiger partial charge in [-0.1, -0.05) is 35.4 Å². The minimum atomic E-state index is -0.977. The fourth-order valence-electron chi connectivity index (χ4n) is 6.22. The van der Waals surface area contributed by atoms with Gasteiger partial charge in [0.05, 0.1) is 19.1 Å². The van der Waals surface area contributed by atoms with Crippen LogP contribution < -0.4 is 0 Å². The van der Waals surface area contributed by atoms with Gasteiger partial charge in [-0.05, 0) is 57.9 Å². The van der Waals surface area contributed by atoms with Gasteiger partial charge in [-0.15, -0.1) is 0 Å². The summed E-state index contributed by atoms with van der Waals surface area (Å²) in [5, 5.41) is 0. The summed E-state index contributed by atoms with van der Waals surface area (Å²) in [5.41, 5.74) is 2.22. The van der Waals surface area contributed by atoms with Crippen molar-refractivity contribution in [3.63, 3.8) is 0 Å². The summed E-state index contributed by atoms with van der Waals surface area (Å²) >= 11 is 0. The van der Waals surface area contributed by atoms with Crippen molar-refractivity contribution in [2.24, 2.45) is 5.92 Å². The third-order valence-corrected chi connectivity index (χ3v) is 8.59. The molecule has 5 rings (SSSR count). The predicted octanol–water partition coefficient (Wildman–Crippen LogP) is 3.58. The van der Waals surface area contributed by atoms with Gasteiger partial charge in [0.2, 0.25) is 5.91 Å². The van der Waals surface area contributed by atoms with Crippen LogP contribution >= 0.6 is 0 Å². The van der Waals surface area contributed by atoms with Crippen molar-refractivity contribution < 1.29 is 28.7 Å².